The predicted molar refractivity (Wildman–Crippen MR) is 107 cm³/mol. The lowest BCUT2D eigenvalue weighted by atomic mass is 9.96. The third-order valence-corrected chi connectivity index (χ3v) is 5.30. The summed E-state index contributed by atoms with van der Waals surface area (Å²) in [4.78, 5) is 14.8. The second-order valence-electron chi connectivity index (χ2n) is 7.22. The number of carbonyl (C=O) groups excluding carboxylic acids is 1. The largest absolute Gasteiger partial charge is 0.356 e. The van der Waals surface area contributed by atoms with Crippen LogP contribution in [-0.2, 0) is 17.8 Å². The Morgan fingerprint density at radius 1 is 1.11 bits per heavy atom. The average Bonchev–Trinajstić information content (AvgIpc) is 2.68. The average molecular weight is 389 g/mol. The van der Waals surface area contributed by atoms with Gasteiger partial charge in [-0.15, -0.1) is 0 Å². The predicted octanol–water partition coefficient (Wildman–Crippen LogP) is 4.44. The summed E-state index contributed by atoms with van der Waals surface area (Å²) in [6.45, 7) is 3.20. The number of nitrogens with zero attached hydrogens (tertiary/aromatic N) is 1. The summed E-state index contributed by atoms with van der Waals surface area (Å²) in [6.07, 6.45) is 3.80. The Labute approximate surface area is 165 Å². The van der Waals surface area contributed by atoms with Gasteiger partial charge in [0.1, 0.15) is 5.82 Å². The van der Waals surface area contributed by atoms with Crippen LogP contribution < -0.4 is 5.32 Å². The Hall–Kier alpha value is -1.91. The molecule has 0 spiro atoms. The molecule has 1 heterocycles. The van der Waals surface area contributed by atoms with Crippen molar-refractivity contribution in [2.45, 2.75) is 32.2 Å². The zero-order chi connectivity index (χ0) is 19.1. The molecule has 0 unspecified atom stereocenters. The standard InChI is InChI=1S/C22H26ClFN2O/c23-20-9-5-17(6-10-20)3-1-13-25-22(27)19-4-2-14-26(16-19)15-18-7-11-21(24)12-8-18/h5-12,19H,1-4,13-16H2,(H,25,27)/t19-/m0/s1. The lowest BCUT2D eigenvalue weighted by molar-refractivity contribution is -0.126. The number of hydrogen-bond acceptors (Lipinski definition) is 2. The van der Waals surface area contributed by atoms with Crippen LogP contribution in [0.4, 0.5) is 4.39 Å². The molecule has 1 N–H and O–H groups in total. The number of carbonyl (C=O) groups is 1. The van der Waals surface area contributed by atoms with Gasteiger partial charge in [-0.1, -0.05) is 35.9 Å². The van der Waals surface area contributed by atoms with Crippen molar-refractivity contribution in [1.82, 2.24) is 10.2 Å². The highest BCUT2D eigenvalue weighted by molar-refractivity contribution is 6.30. The number of benzene rings is 2. The van der Waals surface area contributed by atoms with E-state index in [0.29, 0.717) is 6.54 Å². The van der Waals surface area contributed by atoms with E-state index in [1.165, 1.54) is 17.7 Å². The number of aryl methyl sites for hydroxylation is 1. The fourth-order valence-electron chi connectivity index (χ4n) is 3.56. The molecule has 144 valence electrons. The van der Waals surface area contributed by atoms with Crippen molar-refractivity contribution >= 4 is 17.5 Å². The molecule has 0 aromatic heterocycles. The minimum absolute atomic E-state index is 0.0368. The molecular weight excluding hydrogens is 363 g/mol. The third-order valence-electron chi connectivity index (χ3n) is 5.05. The molecule has 1 aliphatic heterocycles. The number of rotatable bonds is 7. The van der Waals surface area contributed by atoms with Gasteiger partial charge >= 0.3 is 0 Å². The van der Waals surface area contributed by atoms with Crippen LogP contribution in [0.5, 0.6) is 0 Å². The zero-order valence-electron chi connectivity index (χ0n) is 15.5. The summed E-state index contributed by atoms with van der Waals surface area (Å²) in [5.74, 6) is -0.0297. The first-order valence-corrected chi connectivity index (χ1v) is 9.97. The second-order valence-corrected chi connectivity index (χ2v) is 7.66. The van der Waals surface area contributed by atoms with Gasteiger partial charge in [0.05, 0.1) is 5.92 Å². The van der Waals surface area contributed by atoms with Crippen molar-refractivity contribution < 1.29 is 9.18 Å². The van der Waals surface area contributed by atoms with E-state index in [1.807, 2.05) is 36.4 Å². The van der Waals surface area contributed by atoms with E-state index in [9.17, 15) is 9.18 Å². The van der Waals surface area contributed by atoms with Crippen LogP contribution in [0.2, 0.25) is 5.02 Å². The number of amides is 1. The molecule has 1 saturated heterocycles. The van der Waals surface area contributed by atoms with E-state index >= 15 is 0 Å². The first-order valence-electron chi connectivity index (χ1n) is 9.59. The van der Waals surface area contributed by atoms with Crippen LogP contribution in [-0.4, -0.2) is 30.4 Å². The Balaban J connectivity index is 1.40. The Kier molecular flexibility index (Phi) is 7.25. The van der Waals surface area contributed by atoms with Gasteiger partial charge in [-0.2, -0.15) is 0 Å². The molecule has 2 aromatic rings. The fraction of sp³-hybridized carbons (Fsp3) is 0.409. The van der Waals surface area contributed by atoms with E-state index in [4.69, 9.17) is 11.6 Å². The van der Waals surface area contributed by atoms with E-state index in [1.54, 1.807) is 0 Å². The van der Waals surface area contributed by atoms with Gasteiger partial charge < -0.3 is 5.32 Å². The molecule has 0 aliphatic carbocycles. The first-order chi connectivity index (χ1) is 13.1. The Morgan fingerprint density at radius 2 is 1.81 bits per heavy atom. The Morgan fingerprint density at radius 3 is 2.56 bits per heavy atom. The highest BCUT2D eigenvalue weighted by Crippen LogP contribution is 2.19. The van der Waals surface area contributed by atoms with Crippen molar-refractivity contribution in [3.63, 3.8) is 0 Å². The topological polar surface area (TPSA) is 32.3 Å². The second kappa shape index (κ2) is 9.86. The molecule has 0 bridgehead atoms. The number of piperidine rings is 1. The highest BCUT2D eigenvalue weighted by Gasteiger charge is 2.25. The number of hydrogen-bond donors (Lipinski definition) is 1. The van der Waals surface area contributed by atoms with Crippen molar-refractivity contribution in [3.8, 4) is 0 Å². The van der Waals surface area contributed by atoms with Gasteiger partial charge in [0.25, 0.3) is 0 Å². The first kappa shape index (κ1) is 19.8. The van der Waals surface area contributed by atoms with Crippen LogP contribution in [0.25, 0.3) is 0 Å². The maximum absolute atomic E-state index is 13.0. The monoisotopic (exact) mass is 388 g/mol. The summed E-state index contributed by atoms with van der Waals surface area (Å²) in [6, 6.07) is 14.5. The van der Waals surface area contributed by atoms with Crippen LogP contribution in [0.3, 0.4) is 0 Å². The molecule has 27 heavy (non-hydrogen) atoms. The number of halogens is 2. The van der Waals surface area contributed by atoms with Crippen molar-refractivity contribution in [1.29, 1.82) is 0 Å². The van der Waals surface area contributed by atoms with E-state index < -0.39 is 0 Å². The molecule has 1 aliphatic rings. The maximum atomic E-state index is 13.0. The van der Waals surface area contributed by atoms with Crippen LogP contribution in [0, 0.1) is 11.7 Å². The van der Waals surface area contributed by atoms with Crippen molar-refractivity contribution in [2.75, 3.05) is 19.6 Å². The quantitative estimate of drug-likeness (QED) is 0.711. The zero-order valence-corrected chi connectivity index (χ0v) is 16.2. The SMILES string of the molecule is O=C(NCCCc1ccc(Cl)cc1)[C@H]1CCCN(Cc2ccc(F)cc2)C1. The van der Waals surface area contributed by atoms with Gasteiger partial charge in [-0.25, -0.2) is 4.39 Å². The molecule has 1 amide bonds. The molecule has 5 heteroatoms. The summed E-state index contributed by atoms with van der Waals surface area (Å²) in [5.41, 5.74) is 2.32. The van der Waals surface area contributed by atoms with Crippen LogP contribution in [0.1, 0.15) is 30.4 Å². The van der Waals surface area contributed by atoms with Gasteiger partial charge in [0.2, 0.25) is 5.91 Å². The molecule has 1 fully saturated rings. The van der Waals surface area contributed by atoms with Crippen LogP contribution in [0.15, 0.2) is 48.5 Å². The van der Waals surface area contributed by atoms with E-state index in [2.05, 4.69) is 10.2 Å². The smallest absolute Gasteiger partial charge is 0.224 e. The van der Waals surface area contributed by atoms with Gasteiger partial charge in [-0.05, 0) is 67.6 Å². The molecular formula is C22H26ClFN2O. The minimum Gasteiger partial charge on any atom is -0.356 e. The highest BCUT2D eigenvalue weighted by atomic mass is 35.5. The van der Waals surface area contributed by atoms with Crippen molar-refractivity contribution in [2.24, 2.45) is 5.92 Å². The van der Waals surface area contributed by atoms with Gasteiger partial charge in [0, 0.05) is 24.7 Å². The molecule has 3 rings (SSSR count). The minimum atomic E-state index is -0.215. The normalized spacial score (nSPS) is 17.6. The number of nitrogens with one attached hydrogen (secondary N) is 1. The summed E-state index contributed by atoms with van der Waals surface area (Å²) < 4.78 is 13.0. The van der Waals surface area contributed by atoms with Crippen LogP contribution >= 0.6 is 11.6 Å². The molecule has 1 atom stereocenters. The molecule has 2 aromatic carbocycles. The summed E-state index contributed by atoms with van der Waals surface area (Å²) >= 11 is 5.89. The van der Waals surface area contributed by atoms with Crippen molar-refractivity contribution in [3.05, 3.63) is 70.5 Å². The third kappa shape index (κ3) is 6.33. The van der Waals surface area contributed by atoms with Gasteiger partial charge in [-0.3, -0.25) is 9.69 Å². The molecule has 3 nitrogen and oxygen atoms in total. The van der Waals surface area contributed by atoms with E-state index in [-0.39, 0.29) is 17.6 Å². The summed E-state index contributed by atoms with van der Waals surface area (Å²) in [5, 5.41) is 3.83. The van der Waals surface area contributed by atoms with E-state index in [0.717, 1.165) is 55.9 Å². The lowest BCUT2D eigenvalue weighted by Gasteiger charge is -2.32. The molecule has 0 saturated carbocycles. The van der Waals surface area contributed by atoms with Gasteiger partial charge in [0.15, 0.2) is 0 Å². The fourth-order valence-corrected chi connectivity index (χ4v) is 3.69. The Bertz CT molecular complexity index is 733. The maximum Gasteiger partial charge on any atom is 0.224 e. The number of likely N-dealkylation sites (tertiary alicyclic amines) is 1. The molecule has 0 radical (unpaired) electrons. The summed E-state index contributed by atoms with van der Waals surface area (Å²) in [7, 11) is 0. The lowest BCUT2D eigenvalue weighted by Crippen LogP contribution is -2.42.